The van der Waals surface area contributed by atoms with Crippen molar-refractivity contribution in [1.82, 2.24) is 10.7 Å². The second-order valence-corrected chi connectivity index (χ2v) is 4.29. The van der Waals surface area contributed by atoms with Gasteiger partial charge in [0.25, 0.3) is 0 Å². The van der Waals surface area contributed by atoms with Gasteiger partial charge in [-0.05, 0) is 12.2 Å². The van der Waals surface area contributed by atoms with Crippen molar-refractivity contribution in [3.63, 3.8) is 0 Å². The van der Waals surface area contributed by atoms with E-state index >= 15 is 0 Å². The van der Waals surface area contributed by atoms with Gasteiger partial charge in [-0.25, -0.2) is 0 Å². The zero-order valence-electron chi connectivity index (χ0n) is 10.6. The number of rotatable bonds is 3. The molecule has 2 rings (SSSR count). The van der Waals surface area contributed by atoms with Crippen LogP contribution in [0.3, 0.4) is 0 Å². The van der Waals surface area contributed by atoms with Crippen molar-refractivity contribution in [3.8, 4) is 0 Å². The molecule has 0 saturated carbocycles. The molecule has 3 nitrogen and oxygen atoms in total. The third-order valence-electron chi connectivity index (χ3n) is 2.59. The van der Waals surface area contributed by atoms with Crippen LogP contribution in [0.15, 0.2) is 65.8 Å². The van der Waals surface area contributed by atoms with Crippen molar-refractivity contribution in [1.29, 1.82) is 0 Å². The van der Waals surface area contributed by atoms with Gasteiger partial charge in [-0.3, -0.25) is 5.43 Å². The molecule has 0 bridgehead atoms. The summed E-state index contributed by atoms with van der Waals surface area (Å²) in [6, 6.07) is 20.0. The molecule has 19 heavy (non-hydrogen) atoms. The Kier molecular flexibility index (Phi) is 4.64. The van der Waals surface area contributed by atoms with Gasteiger partial charge in [0, 0.05) is 18.2 Å². The van der Waals surface area contributed by atoms with E-state index in [2.05, 4.69) is 15.8 Å². The topological polar surface area (TPSA) is 36.4 Å². The van der Waals surface area contributed by atoms with Crippen LogP contribution in [0.5, 0.6) is 0 Å². The molecule has 0 unspecified atom stereocenters. The first-order valence-electron chi connectivity index (χ1n) is 5.97. The number of thiocarbonyl (C=S) groups is 1. The average molecular weight is 269 g/mol. The van der Waals surface area contributed by atoms with Crippen LogP contribution in [0.4, 0.5) is 0 Å². The van der Waals surface area contributed by atoms with Crippen molar-refractivity contribution < 1.29 is 0 Å². The molecule has 0 aliphatic rings. The summed E-state index contributed by atoms with van der Waals surface area (Å²) in [6.45, 7) is 0. The van der Waals surface area contributed by atoms with Crippen LogP contribution in [-0.4, -0.2) is 17.9 Å². The summed E-state index contributed by atoms with van der Waals surface area (Å²) in [6.07, 6.45) is 0. The van der Waals surface area contributed by atoms with E-state index in [0.717, 1.165) is 16.8 Å². The molecule has 4 heteroatoms. The van der Waals surface area contributed by atoms with Gasteiger partial charge in [0.15, 0.2) is 5.11 Å². The van der Waals surface area contributed by atoms with Gasteiger partial charge >= 0.3 is 0 Å². The average Bonchev–Trinajstić information content (AvgIpc) is 2.49. The Morgan fingerprint density at radius 2 is 1.37 bits per heavy atom. The van der Waals surface area contributed by atoms with Gasteiger partial charge in [0.1, 0.15) is 0 Å². The van der Waals surface area contributed by atoms with Gasteiger partial charge in [-0.2, -0.15) is 5.10 Å². The Hall–Kier alpha value is -2.20. The maximum absolute atomic E-state index is 5.04. The van der Waals surface area contributed by atoms with E-state index in [1.54, 1.807) is 7.05 Å². The van der Waals surface area contributed by atoms with Crippen molar-refractivity contribution >= 4 is 23.0 Å². The van der Waals surface area contributed by atoms with E-state index < -0.39 is 0 Å². The summed E-state index contributed by atoms with van der Waals surface area (Å²) < 4.78 is 0. The molecular weight excluding hydrogens is 254 g/mol. The van der Waals surface area contributed by atoms with Gasteiger partial charge in [0.2, 0.25) is 0 Å². The summed E-state index contributed by atoms with van der Waals surface area (Å²) in [5, 5.41) is 7.72. The van der Waals surface area contributed by atoms with Crippen LogP contribution < -0.4 is 10.7 Å². The molecule has 0 aliphatic heterocycles. The van der Waals surface area contributed by atoms with Gasteiger partial charge < -0.3 is 5.32 Å². The summed E-state index contributed by atoms with van der Waals surface area (Å²) in [4.78, 5) is 0. The predicted molar refractivity (Wildman–Crippen MR) is 83.3 cm³/mol. The highest BCUT2D eigenvalue weighted by atomic mass is 32.1. The minimum Gasteiger partial charge on any atom is -0.364 e. The Morgan fingerprint density at radius 3 is 1.79 bits per heavy atom. The van der Waals surface area contributed by atoms with Crippen LogP contribution in [0.1, 0.15) is 11.1 Å². The van der Waals surface area contributed by atoms with Crippen LogP contribution in [0, 0.1) is 0 Å². The number of hydrazone groups is 1. The molecule has 0 fully saturated rings. The zero-order valence-corrected chi connectivity index (χ0v) is 11.4. The lowest BCUT2D eigenvalue weighted by atomic mass is 10.0. The summed E-state index contributed by atoms with van der Waals surface area (Å²) in [5.74, 6) is 0. The number of nitrogens with one attached hydrogen (secondary N) is 2. The first-order valence-corrected chi connectivity index (χ1v) is 6.38. The minimum absolute atomic E-state index is 0.490. The molecule has 0 aromatic heterocycles. The van der Waals surface area contributed by atoms with E-state index in [9.17, 15) is 0 Å². The quantitative estimate of drug-likeness (QED) is 0.511. The fraction of sp³-hybridized carbons (Fsp3) is 0.0667. The third kappa shape index (κ3) is 3.63. The van der Waals surface area contributed by atoms with Crippen LogP contribution in [0.25, 0.3) is 0 Å². The third-order valence-corrected chi connectivity index (χ3v) is 2.89. The van der Waals surface area contributed by atoms with Gasteiger partial charge in [-0.1, -0.05) is 60.7 Å². The van der Waals surface area contributed by atoms with E-state index in [1.807, 2.05) is 60.7 Å². The molecular formula is C15H15N3S. The lowest BCUT2D eigenvalue weighted by molar-refractivity contribution is 0.975. The van der Waals surface area contributed by atoms with Crippen molar-refractivity contribution in [2.75, 3.05) is 7.05 Å². The smallest absolute Gasteiger partial charge is 0.186 e. The first-order chi connectivity index (χ1) is 9.31. The molecule has 2 aromatic rings. The summed E-state index contributed by atoms with van der Waals surface area (Å²) in [5.41, 5.74) is 5.78. The predicted octanol–water partition coefficient (Wildman–Crippen LogP) is 2.53. The lowest BCUT2D eigenvalue weighted by Crippen LogP contribution is -2.29. The standard InChI is InChI=1S/C15H15N3S/c1-16-15(19)18-17-14(12-8-4-2-5-9-12)13-10-6-3-7-11-13/h2-11H,1H3,(H2,16,18,19). The van der Waals surface area contributed by atoms with Crippen LogP contribution in [-0.2, 0) is 0 Å². The van der Waals surface area contributed by atoms with E-state index in [4.69, 9.17) is 12.2 Å². The molecule has 0 radical (unpaired) electrons. The Bertz CT molecular complexity index is 523. The van der Waals surface area contributed by atoms with Gasteiger partial charge in [0.05, 0.1) is 5.71 Å². The summed E-state index contributed by atoms with van der Waals surface area (Å²) >= 11 is 5.04. The molecule has 2 aromatic carbocycles. The van der Waals surface area contributed by atoms with Crippen LogP contribution >= 0.6 is 12.2 Å². The fourth-order valence-corrected chi connectivity index (χ4v) is 1.70. The second kappa shape index (κ2) is 6.66. The highest BCUT2D eigenvalue weighted by molar-refractivity contribution is 7.80. The number of hydrogen-bond donors (Lipinski definition) is 2. The molecule has 0 atom stereocenters. The Labute approximate surface area is 118 Å². The Balaban J connectivity index is 2.37. The highest BCUT2D eigenvalue weighted by Gasteiger charge is 2.06. The number of nitrogens with zero attached hydrogens (tertiary/aromatic N) is 1. The van der Waals surface area contributed by atoms with E-state index in [-0.39, 0.29) is 0 Å². The lowest BCUT2D eigenvalue weighted by Gasteiger charge is -2.08. The summed E-state index contributed by atoms with van der Waals surface area (Å²) in [7, 11) is 1.76. The Morgan fingerprint density at radius 1 is 0.895 bits per heavy atom. The van der Waals surface area contributed by atoms with Crippen molar-refractivity contribution in [2.45, 2.75) is 0 Å². The molecule has 0 aliphatic carbocycles. The SMILES string of the molecule is CNC(=S)NN=C(c1ccccc1)c1ccccc1. The van der Waals surface area contributed by atoms with Crippen LogP contribution in [0.2, 0.25) is 0 Å². The molecule has 0 spiro atoms. The largest absolute Gasteiger partial charge is 0.364 e. The number of benzene rings is 2. The highest BCUT2D eigenvalue weighted by Crippen LogP contribution is 2.10. The maximum atomic E-state index is 5.04. The maximum Gasteiger partial charge on any atom is 0.186 e. The molecule has 0 saturated heterocycles. The van der Waals surface area contributed by atoms with Crippen molar-refractivity contribution in [2.24, 2.45) is 5.10 Å². The number of hydrogen-bond acceptors (Lipinski definition) is 2. The fourth-order valence-electron chi connectivity index (χ4n) is 1.65. The van der Waals surface area contributed by atoms with Crippen molar-refractivity contribution in [3.05, 3.63) is 71.8 Å². The molecule has 0 heterocycles. The molecule has 2 N–H and O–H groups in total. The second-order valence-electron chi connectivity index (χ2n) is 3.88. The monoisotopic (exact) mass is 269 g/mol. The van der Waals surface area contributed by atoms with Gasteiger partial charge in [-0.15, -0.1) is 0 Å². The minimum atomic E-state index is 0.490. The molecule has 0 amide bonds. The zero-order chi connectivity index (χ0) is 13.5. The normalized spacial score (nSPS) is 9.53. The van der Waals surface area contributed by atoms with E-state index in [1.165, 1.54) is 0 Å². The first kappa shape index (κ1) is 13.2. The van der Waals surface area contributed by atoms with E-state index in [0.29, 0.717) is 5.11 Å². The molecule has 96 valence electrons.